The molecule has 1 saturated heterocycles. The number of sulfone groups is 1. The molecule has 0 spiro atoms. The molecule has 1 aromatic heterocycles. The van der Waals surface area contributed by atoms with Crippen molar-refractivity contribution in [2.24, 2.45) is 5.92 Å². The Bertz CT molecular complexity index is 958. The smallest absolute Gasteiger partial charge is 0.225 e. The van der Waals surface area contributed by atoms with Gasteiger partial charge in [0.2, 0.25) is 11.9 Å². The second kappa shape index (κ2) is 6.83. The summed E-state index contributed by atoms with van der Waals surface area (Å²) >= 11 is 0. The van der Waals surface area contributed by atoms with E-state index in [4.69, 9.17) is 0 Å². The summed E-state index contributed by atoms with van der Waals surface area (Å²) < 4.78 is 23.6. The number of aryl methyl sites for hydroxylation is 1. The predicted octanol–water partition coefficient (Wildman–Crippen LogP) is 1.65. The molecule has 1 aliphatic rings. The molecule has 8 heteroatoms. The van der Waals surface area contributed by atoms with E-state index in [1.54, 1.807) is 18.2 Å². The highest BCUT2D eigenvalue weighted by Gasteiger charge is 2.29. The topological polar surface area (TPSA) is 83.5 Å². The Morgan fingerprint density at radius 1 is 1.31 bits per heavy atom. The number of hydrogen-bond donors (Lipinski definition) is 0. The van der Waals surface area contributed by atoms with Crippen LogP contribution in [-0.4, -0.2) is 62.1 Å². The molecular weight excluding hydrogens is 352 g/mol. The fourth-order valence-electron chi connectivity index (χ4n) is 3.40. The van der Waals surface area contributed by atoms with Crippen LogP contribution in [0.4, 0.5) is 5.95 Å². The molecule has 26 heavy (non-hydrogen) atoms. The molecule has 140 valence electrons. The molecular formula is C18H24N4O3S. The van der Waals surface area contributed by atoms with Gasteiger partial charge in [0.1, 0.15) is 0 Å². The van der Waals surface area contributed by atoms with E-state index in [-0.39, 0.29) is 16.7 Å². The lowest BCUT2D eigenvalue weighted by molar-refractivity contribution is -0.127. The third-order valence-corrected chi connectivity index (χ3v) is 5.94. The Labute approximate surface area is 154 Å². The van der Waals surface area contributed by atoms with Gasteiger partial charge in [-0.05, 0) is 32.0 Å². The Hall–Kier alpha value is -2.22. The monoisotopic (exact) mass is 376 g/mol. The van der Waals surface area contributed by atoms with Crippen molar-refractivity contribution in [3.8, 4) is 0 Å². The number of likely N-dealkylation sites (tertiary alicyclic amines) is 1. The number of carbonyl (C=O) groups excluding carboxylic acids is 1. The Morgan fingerprint density at radius 3 is 2.65 bits per heavy atom. The molecule has 1 aromatic carbocycles. The van der Waals surface area contributed by atoms with Crippen molar-refractivity contribution in [2.75, 3.05) is 37.8 Å². The van der Waals surface area contributed by atoms with Crippen molar-refractivity contribution in [1.82, 2.24) is 14.9 Å². The third kappa shape index (κ3) is 3.65. The summed E-state index contributed by atoms with van der Waals surface area (Å²) in [5, 5.41) is 0.836. The number of benzene rings is 1. The van der Waals surface area contributed by atoms with Crippen molar-refractivity contribution in [3.63, 3.8) is 0 Å². The SMILES string of the molecule is CCN1C[C@@H](CN(C)c2nc(C)c3ccc(S(C)(=O)=O)cc3n2)CC1=O. The molecule has 1 aliphatic heterocycles. The minimum Gasteiger partial charge on any atom is -0.344 e. The molecule has 1 atom stereocenters. The molecule has 1 fully saturated rings. The van der Waals surface area contributed by atoms with E-state index in [2.05, 4.69) is 9.97 Å². The van der Waals surface area contributed by atoms with Crippen LogP contribution < -0.4 is 4.90 Å². The summed E-state index contributed by atoms with van der Waals surface area (Å²) in [4.78, 5) is 25.1. The van der Waals surface area contributed by atoms with Gasteiger partial charge >= 0.3 is 0 Å². The number of aromatic nitrogens is 2. The van der Waals surface area contributed by atoms with Crippen molar-refractivity contribution in [3.05, 3.63) is 23.9 Å². The molecule has 0 unspecified atom stereocenters. The minimum atomic E-state index is -3.29. The standard InChI is InChI=1S/C18H24N4O3S/c1-5-22-11-13(8-17(22)23)10-21(3)18-19-12(2)15-7-6-14(26(4,24)25)9-16(15)20-18/h6-7,9,13H,5,8,10-11H2,1-4H3/t13-/m1/s1. The second-order valence-corrected chi connectivity index (χ2v) is 8.96. The van der Waals surface area contributed by atoms with E-state index < -0.39 is 9.84 Å². The van der Waals surface area contributed by atoms with E-state index in [0.717, 1.165) is 24.2 Å². The number of carbonyl (C=O) groups is 1. The molecule has 0 aliphatic carbocycles. The number of rotatable bonds is 5. The molecule has 2 heterocycles. The summed E-state index contributed by atoms with van der Waals surface area (Å²) in [6.07, 6.45) is 1.73. The zero-order valence-corrected chi connectivity index (χ0v) is 16.4. The lowest BCUT2D eigenvalue weighted by Gasteiger charge is -2.22. The summed E-state index contributed by atoms with van der Waals surface area (Å²) in [6.45, 7) is 6.04. The minimum absolute atomic E-state index is 0.194. The molecule has 2 aromatic rings. The third-order valence-electron chi connectivity index (χ3n) is 4.83. The Kier molecular flexibility index (Phi) is 4.88. The Morgan fingerprint density at radius 2 is 2.04 bits per heavy atom. The molecule has 3 rings (SSSR count). The van der Waals surface area contributed by atoms with Crippen LogP contribution in [0.25, 0.3) is 10.9 Å². The van der Waals surface area contributed by atoms with E-state index in [1.165, 1.54) is 6.26 Å². The molecule has 0 saturated carbocycles. The molecule has 0 N–H and O–H groups in total. The van der Waals surface area contributed by atoms with E-state index in [9.17, 15) is 13.2 Å². The van der Waals surface area contributed by atoms with Crippen LogP contribution in [0, 0.1) is 12.8 Å². The van der Waals surface area contributed by atoms with E-state index >= 15 is 0 Å². The number of nitrogens with zero attached hydrogens (tertiary/aromatic N) is 4. The molecule has 7 nitrogen and oxygen atoms in total. The van der Waals surface area contributed by atoms with Crippen molar-refractivity contribution < 1.29 is 13.2 Å². The van der Waals surface area contributed by atoms with Crippen LogP contribution in [0.15, 0.2) is 23.1 Å². The highest BCUT2D eigenvalue weighted by atomic mass is 32.2. The maximum absolute atomic E-state index is 11.9. The van der Waals surface area contributed by atoms with Crippen LogP contribution in [0.1, 0.15) is 19.0 Å². The van der Waals surface area contributed by atoms with Crippen LogP contribution >= 0.6 is 0 Å². The number of anilines is 1. The van der Waals surface area contributed by atoms with Gasteiger partial charge in [0.05, 0.1) is 16.1 Å². The summed E-state index contributed by atoms with van der Waals surface area (Å²) in [5.41, 5.74) is 1.41. The van der Waals surface area contributed by atoms with Crippen LogP contribution in [0.5, 0.6) is 0 Å². The van der Waals surface area contributed by atoms with Crippen LogP contribution in [0.2, 0.25) is 0 Å². The number of fused-ring (bicyclic) bond motifs is 1. The average molecular weight is 376 g/mol. The zero-order chi connectivity index (χ0) is 19.1. The van der Waals surface area contributed by atoms with Crippen LogP contribution in [-0.2, 0) is 14.6 Å². The van der Waals surface area contributed by atoms with Gasteiger partial charge in [-0.15, -0.1) is 0 Å². The maximum Gasteiger partial charge on any atom is 0.225 e. The van der Waals surface area contributed by atoms with Gasteiger partial charge in [-0.2, -0.15) is 0 Å². The van der Waals surface area contributed by atoms with Gasteiger partial charge in [0.25, 0.3) is 0 Å². The summed E-state index contributed by atoms with van der Waals surface area (Å²) in [5.74, 6) is 0.983. The van der Waals surface area contributed by atoms with Gasteiger partial charge in [0, 0.05) is 50.7 Å². The fourth-order valence-corrected chi connectivity index (χ4v) is 4.05. The lowest BCUT2D eigenvalue weighted by atomic mass is 10.1. The van der Waals surface area contributed by atoms with E-state index in [1.807, 2.05) is 30.7 Å². The first-order valence-corrected chi connectivity index (χ1v) is 10.6. The molecule has 0 radical (unpaired) electrons. The average Bonchev–Trinajstić information content (AvgIpc) is 2.92. The van der Waals surface area contributed by atoms with Crippen molar-refractivity contribution in [1.29, 1.82) is 0 Å². The zero-order valence-electron chi connectivity index (χ0n) is 15.6. The second-order valence-electron chi connectivity index (χ2n) is 6.94. The first kappa shape index (κ1) is 18.6. The van der Waals surface area contributed by atoms with Crippen LogP contribution in [0.3, 0.4) is 0 Å². The van der Waals surface area contributed by atoms with Gasteiger partial charge in [-0.1, -0.05) is 0 Å². The Balaban J connectivity index is 1.88. The molecule has 0 bridgehead atoms. The highest BCUT2D eigenvalue weighted by molar-refractivity contribution is 7.90. The van der Waals surface area contributed by atoms with Crippen molar-refractivity contribution >= 4 is 32.6 Å². The lowest BCUT2D eigenvalue weighted by Crippen LogP contribution is -2.29. The summed E-state index contributed by atoms with van der Waals surface area (Å²) in [7, 11) is -1.39. The maximum atomic E-state index is 11.9. The van der Waals surface area contributed by atoms with Gasteiger partial charge in [0.15, 0.2) is 9.84 Å². The highest BCUT2D eigenvalue weighted by Crippen LogP contribution is 2.24. The van der Waals surface area contributed by atoms with Crippen molar-refractivity contribution in [2.45, 2.75) is 25.2 Å². The van der Waals surface area contributed by atoms with Gasteiger partial charge in [-0.3, -0.25) is 4.79 Å². The number of hydrogen-bond acceptors (Lipinski definition) is 6. The quantitative estimate of drug-likeness (QED) is 0.789. The summed E-state index contributed by atoms with van der Waals surface area (Å²) in [6, 6.07) is 4.93. The van der Waals surface area contributed by atoms with E-state index in [0.29, 0.717) is 24.4 Å². The first-order chi connectivity index (χ1) is 12.2. The largest absolute Gasteiger partial charge is 0.344 e. The number of amides is 1. The predicted molar refractivity (Wildman–Crippen MR) is 101 cm³/mol. The fraction of sp³-hybridized carbons (Fsp3) is 0.500. The molecule has 1 amide bonds. The van der Waals surface area contributed by atoms with Gasteiger partial charge < -0.3 is 9.80 Å². The normalized spacial score (nSPS) is 17.9. The van der Waals surface area contributed by atoms with Gasteiger partial charge in [-0.25, -0.2) is 18.4 Å². The first-order valence-electron chi connectivity index (χ1n) is 8.66.